The van der Waals surface area contributed by atoms with E-state index < -0.39 is 5.91 Å². The Balaban J connectivity index is 1.99. The van der Waals surface area contributed by atoms with E-state index in [1.54, 1.807) is 31.2 Å². The molecule has 0 fully saturated rings. The van der Waals surface area contributed by atoms with Crippen LogP contribution in [0, 0.1) is 13.8 Å². The molecule has 0 bridgehead atoms. The second kappa shape index (κ2) is 5.89. The molecule has 0 aliphatic rings. The van der Waals surface area contributed by atoms with E-state index in [1.807, 2.05) is 19.1 Å². The van der Waals surface area contributed by atoms with Crippen molar-refractivity contribution in [3.8, 4) is 0 Å². The summed E-state index contributed by atoms with van der Waals surface area (Å²) >= 11 is 6.02. The van der Waals surface area contributed by atoms with Crippen molar-refractivity contribution >= 4 is 34.2 Å². The van der Waals surface area contributed by atoms with Gasteiger partial charge in [-0.25, -0.2) is 0 Å². The van der Waals surface area contributed by atoms with Gasteiger partial charge >= 0.3 is 0 Å². The lowest BCUT2D eigenvalue weighted by Gasteiger charge is -2.07. The lowest BCUT2D eigenvalue weighted by Crippen LogP contribution is -2.15. The average Bonchev–Trinajstić information content (AvgIpc) is 2.51. The van der Waals surface area contributed by atoms with Gasteiger partial charge in [0.25, 0.3) is 5.91 Å². The van der Waals surface area contributed by atoms with Crippen LogP contribution in [0.15, 0.2) is 51.7 Å². The molecule has 0 saturated carbocycles. The summed E-state index contributed by atoms with van der Waals surface area (Å²) in [6, 6.07) is 11.7. The van der Waals surface area contributed by atoms with Crippen LogP contribution in [0.5, 0.6) is 0 Å². The smallest absolute Gasteiger partial charge is 0.291 e. The summed E-state index contributed by atoms with van der Waals surface area (Å²) in [4.78, 5) is 24.4. The van der Waals surface area contributed by atoms with E-state index in [4.69, 9.17) is 16.0 Å². The van der Waals surface area contributed by atoms with Crippen LogP contribution in [0.1, 0.15) is 21.7 Å². The Morgan fingerprint density at radius 1 is 1.09 bits per heavy atom. The molecule has 1 N–H and O–H groups in total. The van der Waals surface area contributed by atoms with E-state index in [0.717, 1.165) is 11.1 Å². The SMILES string of the molecule is Cc1ccc(NC(=O)c2cc(=O)c3cc(Cl)c(C)cc3o2)cc1. The van der Waals surface area contributed by atoms with Crippen molar-refractivity contribution in [2.75, 3.05) is 5.32 Å². The van der Waals surface area contributed by atoms with Crippen molar-refractivity contribution in [1.29, 1.82) is 0 Å². The van der Waals surface area contributed by atoms with Crippen molar-refractivity contribution in [3.63, 3.8) is 0 Å². The third-order valence-corrected chi connectivity index (χ3v) is 3.95. The van der Waals surface area contributed by atoms with Gasteiger partial charge in [0, 0.05) is 16.8 Å². The van der Waals surface area contributed by atoms with Gasteiger partial charge in [-0.2, -0.15) is 0 Å². The van der Waals surface area contributed by atoms with E-state index in [9.17, 15) is 9.59 Å². The highest BCUT2D eigenvalue weighted by molar-refractivity contribution is 6.32. The van der Waals surface area contributed by atoms with Crippen LogP contribution < -0.4 is 10.7 Å². The Kier molecular flexibility index (Phi) is 3.92. The third kappa shape index (κ3) is 3.12. The van der Waals surface area contributed by atoms with Crippen LogP contribution in [-0.2, 0) is 0 Å². The maximum absolute atomic E-state index is 12.3. The van der Waals surface area contributed by atoms with Crippen LogP contribution in [0.4, 0.5) is 5.69 Å². The van der Waals surface area contributed by atoms with Crippen LogP contribution in [0.3, 0.4) is 0 Å². The van der Waals surface area contributed by atoms with E-state index in [0.29, 0.717) is 21.7 Å². The topological polar surface area (TPSA) is 59.3 Å². The number of amides is 1. The summed E-state index contributed by atoms with van der Waals surface area (Å²) in [5.74, 6) is -0.509. The molecule has 116 valence electrons. The second-order valence-electron chi connectivity index (χ2n) is 5.39. The summed E-state index contributed by atoms with van der Waals surface area (Å²) in [5, 5.41) is 3.55. The number of benzene rings is 2. The molecule has 23 heavy (non-hydrogen) atoms. The Hall–Kier alpha value is -2.59. The number of nitrogens with one attached hydrogen (secondary N) is 1. The molecule has 0 aliphatic heterocycles. The number of fused-ring (bicyclic) bond motifs is 1. The zero-order valence-electron chi connectivity index (χ0n) is 12.6. The molecule has 0 spiro atoms. The van der Waals surface area contributed by atoms with Crippen LogP contribution >= 0.6 is 11.6 Å². The molecule has 3 aromatic rings. The molecule has 3 rings (SSSR count). The molecule has 0 radical (unpaired) electrons. The zero-order chi connectivity index (χ0) is 16.6. The zero-order valence-corrected chi connectivity index (χ0v) is 13.4. The second-order valence-corrected chi connectivity index (χ2v) is 5.80. The minimum atomic E-state index is -0.472. The molecule has 0 aliphatic carbocycles. The van der Waals surface area contributed by atoms with E-state index in [1.165, 1.54) is 6.07 Å². The molecule has 2 aromatic carbocycles. The largest absolute Gasteiger partial charge is 0.451 e. The van der Waals surface area contributed by atoms with Gasteiger partial charge in [-0.05, 0) is 43.7 Å². The number of rotatable bonds is 2. The molecular formula is C18H14ClNO3. The number of carbonyl (C=O) groups excluding carboxylic acids is 1. The lowest BCUT2D eigenvalue weighted by molar-refractivity contribution is 0.0997. The van der Waals surface area contributed by atoms with Gasteiger partial charge in [0.15, 0.2) is 11.2 Å². The fraction of sp³-hybridized carbons (Fsp3) is 0.111. The van der Waals surface area contributed by atoms with Crippen LogP contribution in [0.2, 0.25) is 5.02 Å². The Labute approximate surface area is 137 Å². The third-order valence-electron chi connectivity index (χ3n) is 3.54. The number of halogens is 1. The van der Waals surface area contributed by atoms with Crippen molar-refractivity contribution in [3.05, 3.63) is 74.6 Å². The first-order valence-electron chi connectivity index (χ1n) is 7.06. The molecule has 5 heteroatoms. The van der Waals surface area contributed by atoms with Gasteiger partial charge in [0.1, 0.15) is 5.58 Å². The Morgan fingerprint density at radius 2 is 1.78 bits per heavy atom. The summed E-state index contributed by atoms with van der Waals surface area (Å²) in [5.41, 5.74) is 2.54. The normalized spacial score (nSPS) is 10.7. The molecular weight excluding hydrogens is 314 g/mol. The number of carbonyl (C=O) groups is 1. The quantitative estimate of drug-likeness (QED) is 0.762. The highest BCUT2D eigenvalue weighted by Crippen LogP contribution is 2.22. The van der Waals surface area contributed by atoms with Gasteiger partial charge in [0.2, 0.25) is 0 Å². The predicted molar refractivity (Wildman–Crippen MR) is 91.4 cm³/mol. The summed E-state index contributed by atoms with van der Waals surface area (Å²) in [7, 11) is 0. The molecule has 0 saturated heterocycles. The van der Waals surface area contributed by atoms with Gasteiger partial charge < -0.3 is 9.73 Å². The first-order chi connectivity index (χ1) is 10.9. The summed E-state index contributed by atoms with van der Waals surface area (Å²) < 4.78 is 5.57. The van der Waals surface area contributed by atoms with E-state index >= 15 is 0 Å². The predicted octanol–water partition coefficient (Wildman–Crippen LogP) is 4.32. The lowest BCUT2D eigenvalue weighted by atomic mass is 10.1. The summed E-state index contributed by atoms with van der Waals surface area (Å²) in [6.07, 6.45) is 0. The van der Waals surface area contributed by atoms with E-state index in [-0.39, 0.29) is 11.2 Å². The first kappa shape index (κ1) is 15.3. The number of hydrogen-bond acceptors (Lipinski definition) is 3. The number of anilines is 1. The molecule has 0 atom stereocenters. The first-order valence-corrected chi connectivity index (χ1v) is 7.44. The van der Waals surface area contributed by atoms with Gasteiger partial charge in [0.05, 0.1) is 5.39 Å². The highest BCUT2D eigenvalue weighted by atomic mass is 35.5. The molecule has 1 heterocycles. The fourth-order valence-electron chi connectivity index (χ4n) is 2.22. The number of hydrogen-bond donors (Lipinski definition) is 1. The maximum Gasteiger partial charge on any atom is 0.291 e. The van der Waals surface area contributed by atoms with Crippen LogP contribution in [-0.4, -0.2) is 5.91 Å². The standard InChI is InChI=1S/C18H14ClNO3/c1-10-3-5-12(6-4-10)20-18(22)17-9-15(21)13-8-14(19)11(2)7-16(13)23-17/h3-9H,1-2H3,(H,20,22). The minimum Gasteiger partial charge on any atom is -0.451 e. The summed E-state index contributed by atoms with van der Waals surface area (Å²) in [6.45, 7) is 3.77. The fourth-order valence-corrected chi connectivity index (χ4v) is 2.38. The van der Waals surface area contributed by atoms with Gasteiger partial charge in [-0.3, -0.25) is 9.59 Å². The number of aryl methyl sites for hydroxylation is 2. The molecule has 4 nitrogen and oxygen atoms in total. The van der Waals surface area contributed by atoms with Crippen molar-refractivity contribution in [2.24, 2.45) is 0 Å². The monoisotopic (exact) mass is 327 g/mol. The van der Waals surface area contributed by atoms with Crippen molar-refractivity contribution < 1.29 is 9.21 Å². The van der Waals surface area contributed by atoms with E-state index in [2.05, 4.69) is 5.32 Å². The molecule has 0 unspecified atom stereocenters. The highest BCUT2D eigenvalue weighted by Gasteiger charge is 2.13. The average molecular weight is 328 g/mol. The minimum absolute atomic E-state index is 0.0372. The molecule has 1 aromatic heterocycles. The van der Waals surface area contributed by atoms with Gasteiger partial charge in [-0.15, -0.1) is 0 Å². The molecule has 1 amide bonds. The maximum atomic E-state index is 12.3. The van der Waals surface area contributed by atoms with Crippen molar-refractivity contribution in [1.82, 2.24) is 0 Å². The Bertz CT molecular complexity index is 958. The van der Waals surface area contributed by atoms with Crippen molar-refractivity contribution in [2.45, 2.75) is 13.8 Å². The van der Waals surface area contributed by atoms with Crippen LogP contribution in [0.25, 0.3) is 11.0 Å². The van der Waals surface area contributed by atoms with Gasteiger partial charge in [-0.1, -0.05) is 29.3 Å². The Morgan fingerprint density at radius 3 is 2.48 bits per heavy atom.